The van der Waals surface area contributed by atoms with Gasteiger partial charge in [0.1, 0.15) is 11.5 Å². The molecule has 0 amide bonds. The molecular formula is C25H27BrN2O3. The summed E-state index contributed by atoms with van der Waals surface area (Å²) in [5.41, 5.74) is 8.87. The lowest BCUT2D eigenvalue weighted by molar-refractivity contribution is -0.116. The van der Waals surface area contributed by atoms with E-state index in [-0.39, 0.29) is 22.9 Å². The van der Waals surface area contributed by atoms with Crippen molar-refractivity contribution >= 4 is 44.6 Å². The molecule has 6 heteroatoms. The van der Waals surface area contributed by atoms with Crippen LogP contribution in [0.4, 0.5) is 11.4 Å². The van der Waals surface area contributed by atoms with Crippen molar-refractivity contribution in [2.24, 2.45) is 10.4 Å². The Morgan fingerprint density at radius 3 is 2.68 bits per heavy atom. The minimum atomic E-state index is -0.252. The van der Waals surface area contributed by atoms with Crippen LogP contribution in [0.3, 0.4) is 0 Å². The van der Waals surface area contributed by atoms with Gasteiger partial charge >= 0.3 is 0 Å². The summed E-state index contributed by atoms with van der Waals surface area (Å²) in [6, 6.07) is 10.9. The fourth-order valence-corrected chi connectivity index (χ4v) is 4.07. The highest BCUT2D eigenvalue weighted by molar-refractivity contribution is 9.10. The van der Waals surface area contributed by atoms with E-state index in [1.165, 1.54) is 6.08 Å². The topological polar surface area (TPSA) is 84.9 Å². The van der Waals surface area contributed by atoms with Gasteiger partial charge in [0.15, 0.2) is 5.78 Å². The molecule has 0 saturated carbocycles. The quantitative estimate of drug-likeness (QED) is 0.287. The average Bonchev–Trinajstić information content (AvgIpc) is 2.69. The Hall–Kier alpha value is -2.86. The Balaban J connectivity index is 2.00. The monoisotopic (exact) mass is 482 g/mol. The number of nitrogens with zero attached hydrogens (tertiary/aromatic N) is 1. The number of hydrogen-bond donors (Lipinski definition) is 2. The third kappa shape index (κ3) is 5.25. The average molecular weight is 483 g/mol. The van der Waals surface area contributed by atoms with Gasteiger partial charge in [-0.25, -0.2) is 4.99 Å². The third-order valence-electron chi connectivity index (χ3n) is 5.20. The standard InChI is InChI=1S/C25H27BrN2O3/c1-5-15-7-9-17(12-18(15)24-21(29)13-25(3,4)14-22(24)30)31-23(6-2)28-20-11-16(26)8-10-19(20)27/h6-12,29H,2,5,13-14,27H2,1,3-4H3. The zero-order valence-corrected chi connectivity index (χ0v) is 19.6. The summed E-state index contributed by atoms with van der Waals surface area (Å²) in [6.45, 7) is 9.76. The highest BCUT2D eigenvalue weighted by Crippen LogP contribution is 2.41. The number of aliphatic hydroxyl groups is 1. The number of Topliss-reactive ketones (excluding diaryl/α,β-unsaturated/α-hetero) is 1. The zero-order valence-electron chi connectivity index (χ0n) is 18.0. The van der Waals surface area contributed by atoms with Crippen LogP contribution in [0, 0.1) is 5.41 Å². The molecule has 31 heavy (non-hydrogen) atoms. The van der Waals surface area contributed by atoms with Crippen LogP contribution in [0.5, 0.6) is 5.75 Å². The number of carbonyl (C=O) groups is 1. The van der Waals surface area contributed by atoms with Gasteiger partial charge in [-0.15, -0.1) is 0 Å². The van der Waals surface area contributed by atoms with Crippen LogP contribution in [0.2, 0.25) is 0 Å². The molecule has 162 valence electrons. The van der Waals surface area contributed by atoms with Crippen LogP contribution in [0.15, 0.2) is 64.3 Å². The van der Waals surface area contributed by atoms with E-state index in [1.807, 2.05) is 39.0 Å². The minimum absolute atomic E-state index is 0.0554. The smallest absolute Gasteiger partial charge is 0.219 e. The number of nitrogens with two attached hydrogens (primary N) is 1. The molecular weight excluding hydrogens is 456 g/mol. The Labute approximate surface area is 191 Å². The molecule has 0 atom stereocenters. The highest BCUT2D eigenvalue weighted by Gasteiger charge is 2.34. The molecule has 0 fully saturated rings. The molecule has 0 aromatic heterocycles. The van der Waals surface area contributed by atoms with Crippen molar-refractivity contribution in [3.8, 4) is 5.75 Å². The first kappa shape index (κ1) is 22.8. The van der Waals surface area contributed by atoms with Gasteiger partial charge in [-0.3, -0.25) is 4.79 Å². The molecule has 2 aromatic carbocycles. The van der Waals surface area contributed by atoms with Crippen LogP contribution in [-0.4, -0.2) is 16.8 Å². The molecule has 3 rings (SSSR count). The van der Waals surface area contributed by atoms with Gasteiger partial charge in [0.05, 0.1) is 16.9 Å². The number of allylic oxidation sites excluding steroid dienone is 2. The first-order valence-electron chi connectivity index (χ1n) is 10.2. The van der Waals surface area contributed by atoms with E-state index in [4.69, 9.17) is 10.5 Å². The molecule has 0 saturated heterocycles. The number of aryl methyl sites for hydroxylation is 1. The first-order valence-corrected chi connectivity index (χ1v) is 11.0. The maximum Gasteiger partial charge on any atom is 0.219 e. The van der Waals surface area contributed by atoms with E-state index in [1.54, 1.807) is 18.2 Å². The molecule has 2 aromatic rings. The number of ether oxygens (including phenoxy) is 1. The maximum absolute atomic E-state index is 12.9. The molecule has 0 spiro atoms. The summed E-state index contributed by atoms with van der Waals surface area (Å²) < 4.78 is 6.80. The summed E-state index contributed by atoms with van der Waals surface area (Å²) in [5, 5.41) is 10.7. The lowest BCUT2D eigenvalue weighted by atomic mass is 9.74. The minimum Gasteiger partial charge on any atom is -0.512 e. The molecule has 0 unspecified atom stereocenters. The van der Waals surface area contributed by atoms with Crippen molar-refractivity contribution in [3.05, 3.63) is 70.4 Å². The van der Waals surface area contributed by atoms with Crippen LogP contribution in [0.25, 0.3) is 5.57 Å². The lowest BCUT2D eigenvalue weighted by Gasteiger charge is -2.30. The van der Waals surface area contributed by atoms with E-state index in [0.29, 0.717) is 41.1 Å². The fraction of sp³-hybridized carbons (Fsp3) is 0.280. The Bertz CT molecular complexity index is 1100. The van der Waals surface area contributed by atoms with Gasteiger partial charge in [-0.2, -0.15) is 0 Å². The summed E-state index contributed by atoms with van der Waals surface area (Å²) in [7, 11) is 0. The SMILES string of the molecule is C=CC(=Nc1cc(Br)ccc1N)Oc1ccc(CC)c(C2=C(O)CC(C)(C)CC2=O)c1. The number of rotatable bonds is 5. The van der Waals surface area contributed by atoms with Crippen molar-refractivity contribution in [1.82, 2.24) is 0 Å². The first-order chi connectivity index (χ1) is 14.6. The molecule has 1 aliphatic rings. The van der Waals surface area contributed by atoms with Crippen LogP contribution in [0.1, 0.15) is 44.7 Å². The molecule has 0 aliphatic heterocycles. The second-order valence-corrected chi connectivity index (χ2v) is 9.31. The lowest BCUT2D eigenvalue weighted by Crippen LogP contribution is -2.25. The number of ketones is 1. The second kappa shape index (κ2) is 9.10. The summed E-state index contributed by atoms with van der Waals surface area (Å²) in [5.74, 6) is 0.847. The third-order valence-corrected chi connectivity index (χ3v) is 5.70. The van der Waals surface area contributed by atoms with E-state index in [2.05, 4.69) is 27.5 Å². The van der Waals surface area contributed by atoms with Crippen LogP contribution < -0.4 is 10.5 Å². The number of benzene rings is 2. The number of carbonyl (C=O) groups excluding carboxylic acids is 1. The highest BCUT2D eigenvalue weighted by atomic mass is 79.9. The molecule has 0 heterocycles. The molecule has 3 N–H and O–H groups in total. The number of nitrogen functional groups attached to an aromatic ring is 1. The van der Waals surface area contributed by atoms with Crippen LogP contribution in [-0.2, 0) is 11.2 Å². The van der Waals surface area contributed by atoms with Crippen molar-refractivity contribution in [3.63, 3.8) is 0 Å². The Kier molecular flexibility index (Phi) is 6.70. The number of anilines is 1. The van der Waals surface area contributed by atoms with Crippen LogP contribution >= 0.6 is 15.9 Å². The number of hydrogen-bond acceptors (Lipinski definition) is 5. The number of halogens is 1. The molecule has 0 bridgehead atoms. The maximum atomic E-state index is 12.9. The predicted molar refractivity (Wildman–Crippen MR) is 130 cm³/mol. The van der Waals surface area contributed by atoms with Crippen molar-refractivity contribution in [1.29, 1.82) is 0 Å². The zero-order chi connectivity index (χ0) is 22.8. The number of aliphatic hydroxyl groups excluding tert-OH is 1. The summed E-state index contributed by atoms with van der Waals surface area (Å²) in [6.07, 6.45) is 3.07. The molecule has 0 radical (unpaired) electrons. The van der Waals surface area contributed by atoms with E-state index in [0.717, 1.165) is 16.5 Å². The van der Waals surface area contributed by atoms with Crippen molar-refractivity contribution < 1.29 is 14.6 Å². The van der Waals surface area contributed by atoms with Crippen molar-refractivity contribution in [2.45, 2.75) is 40.0 Å². The van der Waals surface area contributed by atoms with E-state index >= 15 is 0 Å². The normalized spacial score (nSPS) is 16.4. The summed E-state index contributed by atoms with van der Waals surface area (Å²) >= 11 is 3.41. The van der Waals surface area contributed by atoms with Gasteiger partial charge in [-0.1, -0.05) is 49.3 Å². The van der Waals surface area contributed by atoms with Gasteiger partial charge in [0.2, 0.25) is 5.90 Å². The van der Waals surface area contributed by atoms with Gasteiger partial charge in [-0.05, 0) is 59.4 Å². The van der Waals surface area contributed by atoms with Crippen molar-refractivity contribution in [2.75, 3.05) is 5.73 Å². The van der Waals surface area contributed by atoms with Gasteiger partial charge in [0.25, 0.3) is 0 Å². The molecule has 5 nitrogen and oxygen atoms in total. The Morgan fingerprint density at radius 1 is 1.29 bits per heavy atom. The van der Waals surface area contributed by atoms with E-state index in [9.17, 15) is 9.90 Å². The predicted octanol–water partition coefficient (Wildman–Crippen LogP) is 6.55. The second-order valence-electron chi connectivity index (χ2n) is 8.39. The largest absolute Gasteiger partial charge is 0.512 e. The van der Waals surface area contributed by atoms with Gasteiger partial charge in [0, 0.05) is 17.3 Å². The molecule has 1 aliphatic carbocycles. The Morgan fingerprint density at radius 2 is 2.03 bits per heavy atom. The number of aliphatic imine (C=N–C) groups is 1. The van der Waals surface area contributed by atoms with E-state index < -0.39 is 0 Å². The van der Waals surface area contributed by atoms with Gasteiger partial charge < -0.3 is 15.6 Å². The fourth-order valence-electron chi connectivity index (χ4n) is 3.72. The summed E-state index contributed by atoms with van der Waals surface area (Å²) in [4.78, 5) is 17.3.